The number of halogens is 2. The summed E-state index contributed by atoms with van der Waals surface area (Å²) in [6.07, 6.45) is 1.59. The summed E-state index contributed by atoms with van der Waals surface area (Å²) in [7, 11) is -3.75. The lowest BCUT2D eigenvalue weighted by Crippen LogP contribution is -2.58. The Labute approximate surface area is 206 Å². The van der Waals surface area contributed by atoms with Gasteiger partial charge in [0.15, 0.2) is 0 Å². The summed E-state index contributed by atoms with van der Waals surface area (Å²) in [4.78, 5) is 13.6. The predicted octanol–water partition coefficient (Wildman–Crippen LogP) is 4.65. The van der Waals surface area contributed by atoms with E-state index in [1.54, 1.807) is 29.4 Å². The van der Waals surface area contributed by atoms with Crippen LogP contribution in [0.4, 0.5) is 0 Å². The monoisotopic (exact) mass is 512 g/mol. The Balaban J connectivity index is 1.67. The van der Waals surface area contributed by atoms with Crippen molar-refractivity contribution in [3.8, 4) is 0 Å². The van der Waals surface area contributed by atoms with Crippen LogP contribution in [-0.4, -0.2) is 60.4 Å². The molecule has 3 rings (SSSR count). The fourth-order valence-electron chi connectivity index (χ4n) is 4.65. The first kappa shape index (κ1) is 26.0. The van der Waals surface area contributed by atoms with Crippen molar-refractivity contribution in [3.63, 3.8) is 0 Å². The summed E-state index contributed by atoms with van der Waals surface area (Å²) >= 11 is 12.1. The van der Waals surface area contributed by atoms with E-state index in [0.29, 0.717) is 28.7 Å². The molecule has 33 heavy (non-hydrogen) atoms. The Morgan fingerprint density at radius 3 is 2.30 bits per heavy atom. The van der Waals surface area contributed by atoms with E-state index < -0.39 is 16.0 Å². The molecule has 1 aliphatic heterocycles. The number of nitrogens with zero attached hydrogens (tertiary/aromatic N) is 2. The SMILES string of the molecule is Cc1cc(CC(=O)O)cc(S(=O)(=O)N2C(C)CN(CCCc3ccc(Cl)c(Cl)c3)C[C@@H]2C)c1. The van der Waals surface area contributed by atoms with Crippen LogP contribution in [0.2, 0.25) is 10.0 Å². The average Bonchev–Trinajstić information content (AvgIpc) is 2.69. The minimum Gasteiger partial charge on any atom is -0.481 e. The number of carboxylic acid groups (broad SMARTS) is 1. The Kier molecular flexibility index (Phi) is 8.45. The van der Waals surface area contributed by atoms with E-state index in [4.69, 9.17) is 28.3 Å². The molecule has 6 nitrogen and oxygen atoms in total. The third kappa shape index (κ3) is 6.49. The first-order valence-corrected chi connectivity index (χ1v) is 13.2. The van der Waals surface area contributed by atoms with Crippen molar-refractivity contribution < 1.29 is 18.3 Å². The fraction of sp³-hybridized carbons (Fsp3) is 0.458. The lowest BCUT2D eigenvalue weighted by molar-refractivity contribution is -0.136. The third-order valence-corrected chi connectivity index (χ3v) is 8.72. The minimum atomic E-state index is -3.75. The van der Waals surface area contributed by atoms with Gasteiger partial charge in [0.05, 0.1) is 21.4 Å². The van der Waals surface area contributed by atoms with Gasteiger partial charge in [-0.05, 0) is 81.1 Å². The van der Waals surface area contributed by atoms with Crippen molar-refractivity contribution in [1.29, 1.82) is 0 Å². The van der Waals surface area contributed by atoms with Crippen molar-refractivity contribution in [2.75, 3.05) is 19.6 Å². The standard InChI is InChI=1S/C24H30Cl2N2O4S/c1-16-9-20(13-24(29)30)11-21(10-16)33(31,32)28-17(2)14-27(15-18(28)3)8-4-5-19-6-7-22(25)23(26)12-19/h6-7,9-12,17-18H,4-5,8,13-15H2,1-3H3,(H,29,30)/t17-,18?/m0/s1. The largest absolute Gasteiger partial charge is 0.481 e. The first-order valence-electron chi connectivity index (χ1n) is 11.0. The molecule has 0 amide bonds. The van der Waals surface area contributed by atoms with Gasteiger partial charge < -0.3 is 10.0 Å². The predicted molar refractivity (Wildman–Crippen MR) is 132 cm³/mol. The highest BCUT2D eigenvalue weighted by Gasteiger charge is 2.38. The number of carboxylic acids is 1. The molecule has 0 saturated carbocycles. The second-order valence-electron chi connectivity index (χ2n) is 8.87. The Morgan fingerprint density at radius 1 is 1.03 bits per heavy atom. The summed E-state index contributed by atoms with van der Waals surface area (Å²) in [5.41, 5.74) is 2.35. The molecule has 0 radical (unpaired) electrons. The van der Waals surface area contributed by atoms with Crippen LogP contribution in [0.15, 0.2) is 41.3 Å². The summed E-state index contributed by atoms with van der Waals surface area (Å²) in [6, 6.07) is 10.1. The lowest BCUT2D eigenvalue weighted by atomic mass is 10.1. The normalized spacial score (nSPS) is 20.2. The molecule has 0 aliphatic carbocycles. The van der Waals surface area contributed by atoms with Crippen LogP contribution in [0, 0.1) is 6.92 Å². The van der Waals surface area contributed by atoms with Gasteiger partial charge in [0.25, 0.3) is 0 Å². The number of aryl methyl sites for hydroxylation is 2. The molecular weight excluding hydrogens is 483 g/mol. The van der Waals surface area contributed by atoms with Crippen LogP contribution in [0.25, 0.3) is 0 Å². The summed E-state index contributed by atoms with van der Waals surface area (Å²) < 4.78 is 28.6. The number of sulfonamides is 1. The quantitative estimate of drug-likeness (QED) is 0.556. The molecule has 0 aromatic heterocycles. The van der Waals surface area contributed by atoms with Gasteiger partial charge in [-0.1, -0.05) is 35.3 Å². The van der Waals surface area contributed by atoms with Crippen LogP contribution in [0.3, 0.4) is 0 Å². The van der Waals surface area contributed by atoms with Crippen LogP contribution < -0.4 is 0 Å². The van der Waals surface area contributed by atoms with Crippen LogP contribution in [-0.2, 0) is 27.7 Å². The second kappa shape index (κ2) is 10.7. The number of hydrogen-bond donors (Lipinski definition) is 1. The average molecular weight is 513 g/mol. The van der Waals surface area contributed by atoms with Gasteiger partial charge in [-0.3, -0.25) is 4.79 Å². The molecule has 1 saturated heterocycles. The lowest BCUT2D eigenvalue weighted by Gasteiger charge is -2.43. The number of aliphatic carboxylic acids is 1. The molecule has 180 valence electrons. The maximum atomic E-state index is 13.5. The van der Waals surface area contributed by atoms with E-state index in [9.17, 15) is 13.2 Å². The van der Waals surface area contributed by atoms with E-state index in [1.165, 1.54) is 6.07 Å². The van der Waals surface area contributed by atoms with E-state index in [-0.39, 0.29) is 23.4 Å². The molecule has 2 atom stereocenters. The van der Waals surface area contributed by atoms with Crippen molar-refractivity contribution in [2.45, 2.75) is 57.0 Å². The molecule has 1 heterocycles. The van der Waals surface area contributed by atoms with E-state index in [2.05, 4.69) is 4.90 Å². The maximum Gasteiger partial charge on any atom is 0.307 e. The van der Waals surface area contributed by atoms with Gasteiger partial charge >= 0.3 is 5.97 Å². The summed E-state index contributed by atoms with van der Waals surface area (Å²) in [5, 5.41) is 10.2. The second-order valence-corrected chi connectivity index (χ2v) is 11.5. The van der Waals surface area contributed by atoms with Gasteiger partial charge in [-0.15, -0.1) is 0 Å². The van der Waals surface area contributed by atoms with Crippen molar-refractivity contribution in [3.05, 3.63) is 63.1 Å². The molecule has 2 aromatic carbocycles. The number of carbonyl (C=O) groups is 1. The van der Waals surface area contributed by atoms with Crippen molar-refractivity contribution in [1.82, 2.24) is 9.21 Å². The number of benzene rings is 2. The van der Waals surface area contributed by atoms with Crippen LogP contribution in [0.1, 0.15) is 37.0 Å². The van der Waals surface area contributed by atoms with Gasteiger partial charge in [0.1, 0.15) is 0 Å². The molecule has 1 N–H and O–H groups in total. The number of hydrogen-bond acceptors (Lipinski definition) is 4. The van der Waals surface area contributed by atoms with Crippen LogP contribution in [0.5, 0.6) is 0 Å². The first-order chi connectivity index (χ1) is 15.5. The zero-order chi connectivity index (χ0) is 24.3. The van der Waals surface area contributed by atoms with E-state index in [0.717, 1.165) is 30.5 Å². The zero-order valence-electron chi connectivity index (χ0n) is 19.1. The highest BCUT2D eigenvalue weighted by atomic mass is 35.5. The molecule has 1 unspecified atom stereocenters. The molecule has 2 aromatic rings. The molecule has 9 heteroatoms. The van der Waals surface area contributed by atoms with Crippen molar-refractivity contribution >= 4 is 39.2 Å². The molecule has 1 fully saturated rings. The fourth-order valence-corrected chi connectivity index (χ4v) is 6.93. The van der Waals surface area contributed by atoms with Crippen LogP contribution >= 0.6 is 23.2 Å². The maximum absolute atomic E-state index is 13.5. The Bertz CT molecular complexity index is 1110. The Morgan fingerprint density at radius 2 is 1.70 bits per heavy atom. The number of rotatable bonds is 8. The van der Waals surface area contributed by atoms with Crippen molar-refractivity contribution in [2.24, 2.45) is 0 Å². The molecular formula is C24H30Cl2N2O4S. The van der Waals surface area contributed by atoms with Gasteiger partial charge in [-0.2, -0.15) is 4.31 Å². The topological polar surface area (TPSA) is 77.9 Å². The highest BCUT2D eigenvalue weighted by Crippen LogP contribution is 2.27. The minimum absolute atomic E-state index is 0.158. The third-order valence-electron chi connectivity index (χ3n) is 5.88. The smallest absolute Gasteiger partial charge is 0.307 e. The molecule has 0 spiro atoms. The number of piperazine rings is 1. The summed E-state index contributed by atoms with van der Waals surface area (Å²) in [6.45, 7) is 7.76. The molecule has 1 aliphatic rings. The van der Waals surface area contributed by atoms with E-state index >= 15 is 0 Å². The zero-order valence-corrected chi connectivity index (χ0v) is 21.4. The van der Waals surface area contributed by atoms with Gasteiger partial charge in [-0.25, -0.2) is 8.42 Å². The van der Waals surface area contributed by atoms with Gasteiger partial charge in [0, 0.05) is 25.2 Å². The van der Waals surface area contributed by atoms with Gasteiger partial charge in [0.2, 0.25) is 10.0 Å². The van der Waals surface area contributed by atoms with E-state index in [1.807, 2.05) is 26.0 Å². The Hall–Kier alpha value is -1.64. The molecule has 0 bridgehead atoms. The highest BCUT2D eigenvalue weighted by molar-refractivity contribution is 7.89. The summed E-state index contributed by atoms with van der Waals surface area (Å²) in [5.74, 6) is -0.986.